The molecule has 0 bridgehead atoms. The predicted molar refractivity (Wildman–Crippen MR) is 42.0 cm³/mol. The standard InChI is InChI=1S/C6H15O4P/c1-5(2)6(3)4-10-11(7,8)9/h5-6H,4H2,1-3H3,(H2,7,8,9)/t6-/m1/s1. The second-order valence-electron chi connectivity index (χ2n) is 3.01. The maximum Gasteiger partial charge on any atom is 0.469 e. The largest absolute Gasteiger partial charge is 0.469 e. The molecule has 2 N–H and O–H groups in total. The fraction of sp³-hybridized carbons (Fsp3) is 1.00. The summed E-state index contributed by atoms with van der Waals surface area (Å²) in [7, 11) is -4.26. The molecule has 1 atom stereocenters. The van der Waals surface area contributed by atoms with Gasteiger partial charge in [-0.2, -0.15) is 0 Å². The summed E-state index contributed by atoms with van der Waals surface area (Å²) < 4.78 is 14.5. The first-order valence-electron chi connectivity index (χ1n) is 3.53. The second kappa shape index (κ2) is 4.21. The Bertz CT molecular complexity index is 151. The Morgan fingerprint density at radius 3 is 2.09 bits per heavy atom. The van der Waals surface area contributed by atoms with Gasteiger partial charge in [0.05, 0.1) is 6.61 Å². The Balaban J connectivity index is 3.63. The van der Waals surface area contributed by atoms with Crippen LogP contribution >= 0.6 is 7.82 Å². The first-order valence-corrected chi connectivity index (χ1v) is 5.06. The average molecular weight is 182 g/mol. The number of rotatable bonds is 4. The molecule has 0 aliphatic rings. The highest BCUT2D eigenvalue weighted by molar-refractivity contribution is 7.46. The smallest absolute Gasteiger partial charge is 0.303 e. The molecular formula is C6H15O4P. The van der Waals surface area contributed by atoms with Crippen LogP contribution in [0.3, 0.4) is 0 Å². The van der Waals surface area contributed by atoms with Crippen molar-refractivity contribution in [1.29, 1.82) is 0 Å². The van der Waals surface area contributed by atoms with E-state index < -0.39 is 7.82 Å². The molecule has 0 aliphatic heterocycles. The summed E-state index contributed by atoms with van der Waals surface area (Å²) in [5.74, 6) is 0.546. The maximum absolute atomic E-state index is 10.2. The zero-order valence-corrected chi connectivity index (χ0v) is 7.91. The molecule has 0 unspecified atom stereocenters. The normalized spacial score (nSPS) is 15.5. The van der Waals surface area contributed by atoms with E-state index in [0.29, 0.717) is 5.92 Å². The molecule has 0 aromatic rings. The monoisotopic (exact) mass is 182 g/mol. The van der Waals surface area contributed by atoms with E-state index in [4.69, 9.17) is 9.79 Å². The van der Waals surface area contributed by atoms with Gasteiger partial charge in [-0.3, -0.25) is 4.52 Å². The van der Waals surface area contributed by atoms with Crippen molar-refractivity contribution in [2.75, 3.05) is 6.61 Å². The summed E-state index contributed by atoms with van der Waals surface area (Å²) in [5.41, 5.74) is 0. The predicted octanol–water partition coefficient (Wildman–Crippen LogP) is 1.39. The van der Waals surface area contributed by atoms with E-state index in [1.807, 2.05) is 20.8 Å². The van der Waals surface area contributed by atoms with Crippen molar-refractivity contribution < 1.29 is 18.9 Å². The van der Waals surface area contributed by atoms with Crippen LogP contribution in [0.15, 0.2) is 0 Å². The molecule has 11 heavy (non-hydrogen) atoms. The highest BCUT2D eigenvalue weighted by Gasteiger charge is 2.16. The van der Waals surface area contributed by atoms with Crippen molar-refractivity contribution >= 4 is 7.82 Å². The molecule has 0 aromatic carbocycles. The zero-order chi connectivity index (χ0) is 9.07. The summed E-state index contributed by atoms with van der Waals surface area (Å²) >= 11 is 0. The summed E-state index contributed by atoms with van der Waals surface area (Å²) in [6.07, 6.45) is 0. The van der Waals surface area contributed by atoms with Gasteiger partial charge in [-0.25, -0.2) is 4.57 Å². The Hall–Kier alpha value is 0.110. The van der Waals surface area contributed by atoms with Crippen LogP contribution in [-0.4, -0.2) is 16.4 Å². The second-order valence-corrected chi connectivity index (χ2v) is 4.25. The molecule has 0 aromatic heterocycles. The first kappa shape index (κ1) is 11.1. The molecular weight excluding hydrogens is 167 g/mol. The van der Waals surface area contributed by atoms with Crippen molar-refractivity contribution in [1.82, 2.24) is 0 Å². The quantitative estimate of drug-likeness (QED) is 0.644. The van der Waals surface area contributed by atoms with Gasteiger partial charge in [-0.15, -0.1) is 0 Å². The minimum atomic E-state index is -4.26. The topological polar surface area (TPSA) is 66.8 Å². The highest BCUT2D eigenvalue weighted by Crippen LogP contribution is 2.36. The van der Waals surface area contributed by atoms with Gasteiger partial charge in [-0.1, -0.05) is 20.8 Å². The fourth-order valence-corrected chi connectivity index (χ4v) is 0.836. The first-order chi connectivity index (χ1) is 4.83. The van der Waals surface area contributed by atoms with Gasteiger partial charge in [0.15, 0.2) is 0 Å². The highest BCUT2D eigenvalue weighted by atomic mass is 31.2. The van der Waals surface area contributed by atoms with Gasteiger partial charge in [-0.05, 0) is 11.8 Å². The van der Waals surface area contributed by atoms with E-state index in [9.17, 15) is 4.57 Å². The van der Waals surface area contributed by atoms with Crippen LogP contribution in [0.5, 0.6) is 0 Å². The van der Waals surface area contributed by atoms with Crippen molar-refractivity contribution in [3.8, 4) is 0 Å². The van der Waals surface area contributed by atoms with Gasteiger partial charge in [0.25, 0.3) is 0 Å². The Labute approximate surface area is 66.8 Å². The Kier molecular flexibility index (Phi) is 4.26. The van der Waals surface area contributed by atoms with Crippen LogP contribution in [0.4, 0.5) is 0 Å². The molecule has 0 rings (SSSR count). The van der Waals surface area contributed by atoms with Crippen molar-refractivity contribution in [2.24, 2.45) is 11.8 Å². The van der Waals surface area contributed by atoms with Gasteiger partial charge >= 0.3 is 7.82 Å². The van der Waals surface area contributed by atoms with Crippen LogP contribution in [0, 0.1) is 11.8 Å². The van der Waals surface area contributed by atoms with E-state index in [-0.39, 0.29) is 12.5 Å². The van der Waals surface area contributed by atoms with Crippen LogP contribution in [0.2, 0.25) is 0 Å². The number of phosphoric ester groups is 1. The van der Waals surface area contributed by atoms with Crippen LogP contribution in [0.1, 0.15) is 20.8 Å². The minimum absolute atomic E-state index is 0.113. The summed E-state index contributed by atoms with van der Waals surface area (Å²) in [4.78, 5) is 16.7. The molecule has 4 nitrogen and oxygen atoms in total. The third-order valence-corrected chi connectivity index (χ3v) is 2.13. The van der Waals surface area contributed by atoms with Crippen LogP contribution < -0.4 is 0 Å². The molecule has 0 saturated heterocycles. The van der Waals surface area contributed by atoms with Gasteiger partial charge < -0.3 is 9.79 Å². The molecule has 68 valence electrons. The molecule has 5 heteroatoms. The summed E-state index contributed by atoms with van der Waals surface area (Å²) in [5, 5.41) is 0. The molecule has 0 saturated carbocycles. The third-order valence-electron chi connectivity index (χ3n) is 1.64. The number of hydrogen-bond donors (Lipinski definition) is 2. The van der Waals surface area contributed by atoms with Crippen LogP contribution in [0.25, 0.3) is 0 Å². The van der Waals surface area contributed by atoms with Crippen molar-refractivity contribution in [3.05, 3.63) is 0 Å². The minimum Gasteiger partial charge on any atom is -0.303 e. The molecule has 0 amide bonds. The lowest BCUT2D eigenvalue weighted by Gasteiger charge is -2.15. The summed E-state index contributed by atoms with van der Waals surface area (Å²) in [6, 6.07) is 0. The van der Waals surface area contributed by atoms with E-state index in [1.165, 1.54) is 0 Å². The molecule has 0 radical (unpaired) electrons. The summed E-state index contributed by atoms with van der Waals surface area (Å²) in [6.45, 7) is 5.96. The average Bonchev–Trinajstić information content (AvgIpc) is 1.80. The SMILES string of the molecule is CC(C)[C@H](C)COP(=O)(O)O. The lowest BCUT2D eigenvalue weighted by Crippen LogP contribution is -2.10. The third kappa shape index (κ3) is 6.51. The van der Waals surface area contributed by atoms with Gasteiger partial charge in [0.1, 0.15) is 0 Å². The Morgan fingerprint density at radius 2 is 1.82 bits per heavy atom. The molecule has 0 aliphatic carbocycles. The van der Waals surface area contributed by atoms with Gasteiger partial charge in [0, 0.05) is 0 Å². The molecule has 0 heterocycles. The maximum atomic E-state index is 10.2. The van der Waals surface area contributed by atoms with Crippen LogP contribution in [-0.2, 0) is 9.09 Å². The Morgan fingerprint density at radius 1 is 1.36 bits per heavy atom. The van der Waals surface area contributed by atoms with Crippen molar-refractivity contribution in [3.63, 3.8) is 0 Å². The van der Waals surface area contributed by atoms with Gasteiger partial charge in [0.2, 0.25) is 0 Å². The lowest BCUT2D eigenvalue weighted by molar-refractivity contribution is 0.156. The number of phosphoric acid groups is 1. The van der Waals surface area contributed by atoms with E-state index in [0.717, 1.165) is 0 Å². The van der Waals surface area contributed by atoms with Crippen molar-refractivity contribution in [2.45, 2.75) is 20.8 Å². The van der Waals surface area contributed by atoms with E-state index in [1.54, 1.807) is 0 Å². The van der Waals surface area contributed by atoms with E-state index in [2.05, 4.69) is 4.52 Å². The fourth-order valence-electron chi connectivity index (χ4n) is 0.407. The molecule has 0 fully saturated rings. The van der Waals surface area contributed by atoms with E-state index >= 15 is 0 Å². The lowest BCUT2D eigenvalue weighted by atomic mass is 10.00. The molecule has 0 spiro atoms. The zero-order valence-electron chi connectivity index (χ0n) is 7.02. The number of hydrogen-bond acceptors (Lipinski definition) is 2.